The number of amides is 1. The van der Waals surface area contributed by atoms with Crippen LogP contribution in [-0.2, 0) is 6.54 Å². The molecule has 0 aliphatic rings. The lowest BCUT2D eigenvalue weighted by Gasteiger charge is -2.04. The molecule has 1 amide bonds. The van der Waals surface area contributed by atoms with E-state index >= 15 is 0 Å². The summed E-state index contributed by atoms with van der Waals surface area (Å²) >= 11 is 0. The highest BCUT2D eigenvalue weighted by atomic mass is 16.3. The van der Waals surface area contributed by atoms with E-state index in [1.165, 1.54) is 6.39 Å². The van der Waals surface area contributed by atoms with Crippen LogP contribution in [0.15, 0.2) is 71.5 Å². The summed E-state index contributed by atoms with van der Waals surface area (Å²) in [7, 11) is 0. The molecule has 0 radical (unpaired) electrons. The molecule has 0 atom stereocenters. The molecule has 2 aromatic carbocycles. The Morgan fingerprint density at radius 3 is 2.38 bits per heavy atom. The highest BCUT2D eigenvalue weighted by Crippen LogP contribution is 2.21. The average Bonchev–Trinajstić information content (AvgIpc) is 3.04. The molecule has 4 heteroatoms. The Hall–Kier alpha value is -2.88. The van der Waals surface area contributed by atoms with E-state index in [-0.39, 0.29) is 11.7 Å². The maximum Gasteiger partial charge on any atom is 0.289 e. The van der Waals surface area contributed by atoms with Gasteiger partial charge in [0.2, 0.25) is 5.76 Å². The molecular weight excluding hydrogens is 264 g/mol. The van der Waals surface area contributed by atoms with Crippen molar-refractivity contribution in [3.63, 3.8) is 0 Å². The van der Waals surface area contributed by atoms with Gasteiger partial charge in [0, 0.05) is 12.1 Å². The number of carbonyl (C=O) groups excluding carboxylic acids is 1. The summed E-state index contributed by atoms with van der Waals surface area (Å²) in [5.74, 6) is -0.0349. The lowest BCUT2D eigenvalue weighted by atomic mass is 10.1. The first kappa shape index (κ1) is 13.1. The van der Waals surface area contributed by atoms with E-state index in [1.54, 1.807) is 0 Å². The number of hydrogen-bond acceptors (Lipinski definition) is 3. The number of rotatable bonds is 4. The number of nitrogens with one attached hydrogen (secondary N) is 1. The van der Waals surface area contributed by atoms with Crippen molar-refractivity contribution in [1.29, 1.82) is 0 Å². The number of oxazole rings is 1. The molecular formula is C17H14N2O2. The molecule has 0 saturated heterocycles. The van der Waals surface area contributed by atoms with Gasteiger partial charge < -0.3 is 9.73 Å². The van der Waals surface area contributed by atoms with Gasteiger partial charge in [0.1, 0.15) is 5.69 Å². The minimum atomic E-state index is -0.268. The van der Waals surface area contributed by atoms with Crippen molar-refractivity contribution in [3.8, 4) is 11.3 Å². The van der Waals surface area contributed by atoms with E-state index in [0.29, 0.717) is 12.2 Å². The van der Waals surface area contributed by atoms with Crippen molar-refractivity contribution in [1.82, 2.24) is 10.3 Å². The summed E-state index contributed by atoms with van der Waals surface area (Å²) in [5.41, 5.74) is 2.45. The monoisotopic (exact) mass is 278 g/mol. The molecule has 1 aromatic heterocycles. The Morgan fingerprint density at radius 2 is 1.67 bits per heavy atom. The molecule has 0 aliphatic carbocycles. The molecule has 0 bridgehead atoms. The van der Waals surface area contributed by atoms with Crippen molar-refractivity contribution in [2.75, 3.05) is 0 Å². The van der Waals surface area contributed by atoms with Crippen molar-refractivity contribution in [2.24, 2.45) is 0 Å². The van der Waals surface area contributed by atoms with Crippen LogP contribution in [0, 0.1) is 0 Å². The molecule has 3 aromatic rings. The number of carbonyl (C=O) groups is 1. The topological polar surface area (TPSA) is 55.1 Å². The number of aromatic nitrogens is 1. The van der Waals surface area contributed by atoms with Gasteiger partial charge in [-0.3, -0.25) is 4.79 Å². The molecule has 0 fully saturated rings. The molecule has 104 valence electrons. The lowest BCUT2D eigenvalue weighted by Crippen LogP contribution is -2.22. The zero-order valence-corrected chi connectivity index (χ0v) is 11.3. The summed E-state index contributed by atoms with van der Waals surface area (Å²) < 4.78 is 5.25. The first-order chi connectivity index (χ1) is 10.3. The van der Waals surface area contributed by atoms with Gasteiger partial charge in [-0.1, -0.05) is 60.7 Å². The third kappa shape index (κ3) is 3.00. The number of benzene rings is 2. The second kappa shape index (κ2) is 6.05. The predicted molar refractivity (Wildman–Crippen MR) is 79.6 cm³/mol. The van der Waals surface area contributed by atoms with Crippen LogP contribution in [0.2, 0.25) is 0 Å². The summed E-state index contributed by atoms with van der Waals surface area (Å²) in [6, 6.07) is 19.2. The van der Waals surface area contributed by atoms with Gasteiger partial charge in [-0.15, -0.1) is 0 Å². The van der Waals surface area contributed by atoms with Crippen LogP contribution in [0.4, 0.5) is 0 Å². The first-order valence-corrected chi connectivity index (χ1v) is 6.65. The molecule has 3 rings (SSSR count). The van der Waals surface area contributed by atoms with E-state index < -0.39 is 0 Å². The molecule has 0 aliphatic heterocycles. The molecule has 0 unspecified atom stereocenters. The fourth-order valence-electron chi connectivity index (χ4n) is 2.07. The molecule has 4 nitrogen and oxygen atoms in total. The quantitative estimate of drug-likeness (QED) is 0.797. The Morgan fingerprint density at radius 1 is 1.00 bits per heavy atom. The van der Waals surface area contributed by atoms with Crippen LogP contribution >= 0.6 is 0 Å². The van der Waals surface area contributed by atoms with Crippen molar-refractivity contribution >= 4 is 5.91 Å². The van der Waals surface area contributed by atoms with E-state index in [4.69, 9.17) is 4.42 Å². The molecule has 0 saturated carbocycles. The van der Waals surface area contributed by atoms with Gasteiger partial charge in [0.25, 0.3) is 5.91 Å². The van der Waals surface area contributed by atoms with Crippen LogP contribution < -0.4 is 5.32 Å². The van der Waals surface area contributed by atoms with Gasteiger partial charge in [0.05, 0.1) is 0 Å². The molecule has 0 spiro atoms. The van der Waals surface area contributed by atoms with Gasteiger partial charge in [-0.05, 0) is 5.56 Å². The van der Waals surface area contributed by atoms with Crippen LogP contribution in [0.3, 0.4) is 0 Å². The van der Waals surface area contributed by atoms with Gasteiger partial charge in [-0.2, -0.15) is 0 Å². The number of hydrogen-bond donors (Lipinski definition) is 1. The highest BCUT2D eigenvalue weighted by Gasteiger charge is 2.17. The Labute approximate surface area is 122 Å². The average molecular weight is 278 g/mol. The fraction of sp³-hybridized carbons (Fsp3) is 0.0588. The SMILES string of the molecule is O=C(NCc1ccccc1)c1ocnc1-c1ccccc1. The highest BCUT2D eigenvalue weighted by molar-refractivity contribution is 5.97. The smallest absolute Gasteiger partial charge is 0.289 e. The molecule has 1 heterocycles. The zero-order valence-electron chi connectivity index (χ0n) is 11.3. The minimum absolute atomic E-state index is 0.233. The minimum Gasteiger partial charge on any atom is -0.438 e. The first-order valence-electron chi connectivity index (χ1n) is 6.65. The standard InChI is InChI=1S/C17H14N2O2/c20-17(18-11-13-7-3-1-4-8-13)16-15(19-12-21-16)14-9-5-2-6-10-14/h1-10,12H,11H2,(H,18,20). The van der Waals surface area contributed by atoms with E-state index in [0.717, 1.165) is 11.1 Å². The van der Waals surface area contributed by atoms with Crippen LogP contribution in [0.5, 0.6) is 0 Å². The van der Waals surface area contributed by atoms with E-state index in [1.807, 2.05) is 60.7 Å². The summed E-state index contributed by atoms with van der Waals surface area (Å²) in [5, 5.41) is 2.84. The van der Waals surface area contributed by atoms with Crippen LogP contribution in [0.1, 0.15) is 16.1 Å². The van der Waals surface area contributed by atoms with Gasteiger partial charge in [-0.25, -0.2) is 4.98 Å². The third-order valence-electron chi connectivity index (χ3n) is 3.12. The summed E-state index contributed by atoms with van der Waals surface area (Å²) in [6.07, 6.45) is 1.29. The maximum atomic E-state index is 12.2. The normalized spacial score (nSPS) is 10.3. The largest absolute Gasteiger partial charge is 0.438 e. The maximum absolute atomic E-state index is 12.2. The third-order valence-corrected chi connectivity index (χ3v) is 3.12. The Kier molecular flexibility index (Phi) is 3.78. The second-order valence-corrected chi connectivity index (χ2v) is 4.56. The van der Waals surface area contributed by atoms with Gasteiger partial charge in [0.15, 0.2) is 6.39 Å². The van der Waals surface area contributed by atoms with Crippen molar-refractivity contribution in [2.45, 2.75) is 6.54 Å². The second-order valence-electron chi connectivity index (χ2n) is 4.56. The van der Waals surface area contributed by atoms with Crippen LogP contribution in [-0.4, -0.2) is 10.9 Å². The van der Waals surface area contributed by atoms with E-state index in [2.05, 4.69) is 10.3 Å². The fourth-order valence-corrected chi connectivity index (χ4v) is 2.07. The van der Waals surface area contributed by atoms with Crippen LogP contribution in [0.25, 0.3) is 11.3 Å². The zero-order chi connectivity index (χ0) is 14.5. The van der Waals surface area contributed by atoms with Crippen molar-refractivity contribution < 1.29 is 9.21 Å². The molecule has 21 heavy (non-hydrogen) atoms. The molecule has 1 N–H and O–H groups in total. The van der Waals surface area contributed by atoms with Gasteiger partial charge >= 0.3 is 0 Å². The Bertz CT molecular complexity index is 721. The Balaban J connectivity index is 1.76. The number of nitrogens with zero attached hydrogens (tertiary/aromatic N) is 1. The predicted octanol–water partition coefficient (Wildman–Crippen LogP) is 3.27. The summed E-state index contributed by atoms with van der Waals surface area (Å²) in [4.78, 5) is 16.4. The van der Waals surface area contributed by atoms with E-state index in [9.17, 15) is 4.79 Å². The summed E-state index contributed by atoms with van der Waals surface area (Å²) in [6.45, 7) is 0.453. The van der Waals surface area contributed by atoms with Crippen molar-refractivity contribution in [3.05, 3.63) is 78.4 Å². The lowest BCUT2D eigenvalue weighted by molar-refractivity contribution is 0.0924.